The quantitative estimate of drug-likeness (QED) is 0.870. The number of nitrogens with one attached hydrogen (secondary N) is 1. The number of furan rings is 1. The fourth-order valence-corrected chi connectivity index (χ4v) is 1.72. The third-order valence-electron chi connectivity index (χ3n) is 2.77. The molecule has 0 radical (unpaired) electrons. The summed E-state index contributed by atoms with van der Waals surface area (Å²) in [4.78, 5) is 10.7. The lowest BCUT2D eigenvalue weighted by Gasteiger charge is -2.11. The monoisotopic (exact) mass is 263 g/mol. The third-order valence-corrected chi connectivity index (χ3v) is 2.77. The van der Waals surface area contributed by atoms with E-state index in [1.165, 1.54) is 18.2 Å². The molecule has 2 rings (SSSR count). The Morgan fingerprint density at radius 2 is 2.21 bits per heavy atom. The first-order chi connectivity index (χ1) is 9.06. The maximum absolute atomic E-state index is 13.0. The SMILES string of the molecule is CC(NCc1cccc(F)c1)c1ccc(C(=O)O)o1. The Balaban J connectivity index is 1.97. The summed E-state index contributed by atoms with van der Waals surface area (Å²) in [5, 5.41) is 11.9. The number of benzene rings is 1. The van der Waals surface area contributed by atoms with Crippen molar-refractivity contribution in [2.24, 2.45) is 0 Å². The van der Waals surface area contributed by atoms with Crippen molar-refractivity contribution in [2.75, 3.05) is 0 Å². The minimum absolute atomic E-state index is 0.0885. The largest absolute Gasteiger partial charge is 0.475 e. The van der Waals surface area contributed by atoms with E-state index in [9.17, 15) is 9.18 Å². The number of carbonyl (C=O) groups is 1. The molecule has 19 heavy (non-hydrogen) atoms. The molecule has 0 saturated heterocycles. The van der Waals surface area contributed by atoms with Gasteiger partial charge in [-0.1, -0.05) is 12.1 Å². The fraction of sp³-hybridized carbons (Fsp3) is 0.214. The van der Waals surface area contributed by atoms with Crippen LogP contribution < -0.4 is 5.32 Å². The van der Waals surface area contributed by atoms with Gasteiger partial charge in [-0.3, -0.25) is 0 Å². The van der Waals surface area contributed by atoms with E-state index in [0.717, 1.165) is 5.56 Å². The van der Waals surface area contributed by atoms with Crippen LogP contribution in [0.3, 0.4) is 0 Å². The Bertz CT molecular complexity index is 580. The zero-order chi connectivity index (χ0) is 13.8. The highest BCUT2D eigenvalue weighted by molar-refractivity contribution is 5.84. The minimum Gasteiger partial charge on any atom is -0.475 e. The first-order valence-corrected chi connectivity index (χ1v) is 5.87. The van der Waals surface area contributed by atoms with Gasteiger partial charge in [0.2, 0.25) is 5.76 Å². The van der Waals surface area contributed by atoms with Gasteiger partial charge in [-0.05, 0) is 36.8 Å². The van der Waals surface area contributed by atoms with Gasteiger partial charge in [0.15, 0.2) is 0 Å². The summed E-state index contributed by atoms with van der Waals surface area (Å²) < 4.78 is 18.2. The van der Waals surface area contributed by atoms with Crippen LogP contribution >= 0.6 is 0 Å². The minimum atomic E-state index is -1.09. The molecule has 100 valence electrons. The maximum atomic E-state index is 13.0. The van der Waals surface area contributed by atoms with Gasteiger partial charge in [0.1, 0.15) is 11.6 Å². The number of aromatic carboxylic acids is 1. The van der Waals surface area contributed by atoms with Crippen molar-refractivity contribution in [3.63, 3.8) is 0 Å². The second-order valence-corrected chi connectivity index (χ2v) is 4.24. The summed E-state index contributed by atoms with van der Waals surface area (Å²) in [6.07, 6.45) is 0. The lowest BCUT2D eigenvalue weighted by molar-refractivity contribution is 0.0659. The van der Waals surface area contributed by atoms with E-state index in [2.05, 4.69) is 5.32 Å². The predicted molar refractivity (Wildman–Crippen MR) is 67.3 cm³/mol. The van der Waals surface area contributed by atoms with Crippen LogP contribution in [-0.2, 0) is 6.54 Å². The number of carboxylic acid groups (broad SMARTS) is 1. The van der Waals surface area contributed by atoms with Crippen molar-refractivity contribution in [3.05, 3.63) is 59.3 Å². The van der Waals surface area contributed by atoms with Crippen molar-refractivity contribution >= 4 is 5.97 Å². The number of hydrogen-bond acceptors (Lipinski definition) is 3. The summed E-state index contributed by atoms with van der Waals surface area (Å²) in [5.74, 6) is -0.926. The van der Waals surface area contributed by atoms with Crippen LogP contribution in [0.1, 0.15) is 34.8 Å². The highest BCUT2D eigenvalue weighted by Crippen LogP contribution is 2.17. The number of rotatable bonds is 5. The molecule has 0 aliphatic carbocycles. The molecule has 0 spiro atoms. The molecule has 1 unspecified atom stereocenters. The molecule has 2 aromatic rings. The van der Waals surface area contributed by atoms with Crippen molar-refractivity contribution in [3.8, 4) is 0 Å². The Morgan fingerprint density at radius 1 is 1.42 bits per heavy atom. The van der Waals surface area contributed by atoms with Gasteiger partial charge >= 0.3 is 5.97 Å². The summed E-state index contributed by atoms with van der Waals surface area (Å²) in [6.45, 7) is 2.33. The van der Waals surface area contributed by atoms with Crippen molar-refractivity contribution in [1.29, 1.82) is 0 Å². The average molecular weight is 263 g/mol. The zero-order valence-electron chi connectivity index (χ0n) is 10.4. The van der Waals surface area contributed by atoms with Crippen LogP contribution in [0, 0.1) is 5.82 Å². The van der Waals surface area contributed by atoms with Gasteiger partial charge in [-0.15, -0.1) is 0 Å². The molecule has 2 N–H and O–H groups in total. The van der Waals surface area contributed by atoms with E-state index < -0.39 is 5.97 Å². The van der Waals surface area contributed by atoms with E-state index in [1.807, 2.05) is 13.0 Å². The number of halogens is 1. The standard InChI is InChI=1S/C14H14FNO3/c1-9(12-5-6-13(19-12)14(17)18)16-8-10-3-2-4-11(15)7-10/h2-7,9,16H,8H2,1H3,(H,17,18). The molecule has 4 nitrogen and oxygen atoms in total. The van der Waals surface area contributed by atoms with Gasteiger partial charge < -0.3 is 14.8 Å². The van der Waals surface area contributed by atoms with E-state index in [4.69, 9.17) is 9.52 Å². The predicted octanol–water partition coefficient (Wildman–Crippen LogP) is 2.97. The second kappa shape index (κ2) is 5.67. The lowest BCUT2D eigenvalue weighted by Crippen LogP contribution is -2.17. The topological polar surface area (TPSA) is 62.5 Å². The lowest BCUT2D eigenvalue weighted by atomic mass is 10.2. The van der Waals surface area contributed by atoms with E-state index in [-0.39, 0.29) is 17.6 Å². The Hall–Kier alpha value is -2.14. The highest BCUT2D eigenvalue weighted by atomic mass is 19.1. The number of hydrogen-bond donors (Lipinski definition) is 2. The molecular formula is C14H14FNO3. The Morgan fingerprint density at radius 3 is 2.84 bits per heavy atom. The van der Waals surface area contributed by atoms with Crippen molar-refractivity contribution < 1.29 is 18.7 Å². The first kappa shape index (κ1) is 13.3. The van der Waals surface area contributed by atoms with Crippen LogP contribution in [0.4, 0.5) is 4.39 Å². The molecular weight excluding hydrogens is 249 g/mol. The second-order valence-electron chi connectivity index (χ2n) is 4.24. The van der Waals surface area contributed by atoms with Crippen LogP contribution in [0.5, 0.6) is 0 Å². The molecule has 5 heteroatoms. The Kier molecular flexibility index (Phi) is 3.97. The molecule has 0 saturated carbocycles. The van der Waals surface area contributed by atoms with Crippen molar-refractivity contribution in [2.45, 2.75) is 19.5 Å². The van der Waals surface area contributed by atoms with Gasteiger partial charge in [0.25, 0.3) is 0 Å². The Labute approximate surface area is 109 Å². The fourth-order valence-electron chi connectivity index (χ4n) is 1.72. The maximum Gasteiger partial charge on any atom is 0.371 e. The molecule has 0 aliphatic rings. The van der Waals surface area contributed by atoms with Crippen molar-refractivity contribution in [1.82, 2.24) is 5.32 Å². The highest BCUT2D eigenvalue weighted by Gasteiger charge is 2.13. The smallest absolute Gasteiger partial charge is 0.371 e. The third kappa shape index (κ3) is 3.42. The van der Waals surface area contributed by atoms with Gasteiger partial charge in [-0.25, -0.2) is 9.18 Å². The van der Waals surface area contributed by atoms with Crippen LogP contribution in [0.2, 0.25) is 0 Å². The van der Waals surface area contributed by atoms with Gasteiger partial charge in [-0.2, -0.15) is 0 Å². The van der Waals surface area contributed by atoms with E-state index in [0.29, 0.717) is 12.3 Å². The zero-order valence-corrected chi connectivity index (χ0v) is 10.4. The molecule has 1 aromatic heterocycles. The molecule has 0 amide bonds. The van der Waals surface area contributed by atoms with Crippen LogP contribution in [0.15, 0.2) is 40.8 Å². The van der Waals surface area contributed by atoms with E-state index in [1.54, 1.807) is 12.1 Å². The number of carboxylic acids is 1. The molecule has 1 atom stereocenters. The molecule has 0 bridgehead atoms. The molecule has 1 aromatic carbocycles. The summed E-state index contributed by atoms with van der Waals surface area (Å²) in [6, 6.07) is 9.17. The van der Waals surface area contributed by atoms with E-state index >= 15 is 0 Å². The van der Waals surface area contributed by atoms with Crippen LogP contribution in [0.25, 0.3) is 0 Å². The summed E-state index contributed by atoms with van der Waals surface area (Å²) in [5.41, 5.74) is 0.817. The summed E-state index contributed by atoms with van der Waals surface area (Å²) >= 11 is 0. The first-order valence-electron chi connectivity index (χ1n) is 5.87. The molecule has 1 heterocycles. The summed E-state index contributed by atoms with van der Waals surface area (Å²) in [7, 11) is 0. The normalized spacial score (nSPS) is 12.3. The molecule has 0 aliphatic heterocycles. The molecule has 0 fully saturated rings. The van der Waals surface area contributed by atoms with Gasteiger partial charge in [0.05, 0.1) is 6.04 Å². The average Bonchev–Trinajstić information content (AvgIpc) is 2.86. The van der Waals surface area contributed by atoms with Gasteiger partial charge in [0, 0.05) is 6.54 Å². The van der Waals surface area contributed by atoms with Crippen LogP contribution in [-0.4, -0.2) is 11.1 Å².